The first kappa shape index (κ1) is 19.1. The Hall–Kier alpha value is -0.220. The zero-order valence-electron chi connectivity index (χ0n) is 14.0. The number of aryl methyl sites for hydroxylation is 1. The predicted octanol–water partition coefficient (Wildman–Crippen LogP) is 2.96. The van der Waals surface area contributed by atoms with Gasteiger partial charge in [0.2, 0.25) is 10.0 Å². The summed E-state index contributed by atoms with van der Waals surface area (Å²) in [7, 11) is -3.58. The number of hydrogen-bond acceptors (Lipinski definition) is 4. The lowest BCUT2D eigenvalue weighted by Crippen LogP contribution is -2.56. The van der Waals surface area contributed by atoms with Crippen LogP contribution < -0.4 is 0 Å². The third-order valence-corrected chi connectivity index (χ3v) is 6.34. The van der Waals surface area contributed by atoms with Crippen molar-refractivity contribution in [2.45, 2.75) is 50.5 Å². The summed E-state index contributed by atoms with van der Waals surface area (Å²) in [6, 6.07) is 6.61. The van der Waals surface area contributed by atoms with Crippen LogP contribution in [0, 0.1) is 6.92 Å². The van der Waals surface area contributed by atoms with Crippen LogP contribution in [0.5, 0.6) is 0 Å². The molecule has 7 heteroatoms. The molecule has 0 radical (unpaired) electrons. The molecule has 0 bridgehead atoms. The second-order valence-electron chi connectivity index (χ2n) is 6.22. The largest absolute Gasteiger partial charge is 0.349 e. The van der Waals surface area contributed by atoms with Gasteiger partial charge in [-0.2, -0.15) is 4.31 Å². The molecular formula is C16H24INO4S. The lowest BCUT2D eigenvalue weighted by Gasteiger charge is -2.43. The Labute approximate surface area is 152 Å². The summed E-state index contributed by atoms with van der Waals surface area (Å²) in [5, 5.41) is 0. The summed E-state index contributed by atoms with van der Waals surface area (Å²) in [4.78, 5) is 0.310. The van der Waals surface area contributed by atoms with Crippen LogP contribution in [0.3, 0.4) is 0 Å². The van der Waals surface area contributed by atoms with Gasteiger partial charge in [0, 0.05) is 11.0 Å². The summed E-state index contributed by atoms with van der Waals surface area (Å²) in [5.41, 5.74) is 1.03. The maximum Gasteiger partial charge on any atom is 0.243 e. The van der Waals surface area contributed by atoms with E-state index >= 15 is 0 Å². The molecule has 23 heavy (non-hydrogen) atoms. The van der Waals surface area contributed by atoms with Crippen molar-refractivity contribution in [3.8, 4) is 0 Å². The summed E-state index contributed by atoms with van der Waals surface area (Å²) >= 11 is 2.19. The Bertz CT molecular complexity index is 630. The zero-order chi connectivity index (χ0) is 17.3. The van der Waals surface area contributed by atoms with E-state index in [4.69, 9.17) is 9.47 Å². The number of hydrogen-bond donors (Lipinski definition) is 0. The first-order chi connectivity index (χ1) is 10.7. The van der Waals surface area contributed by atoms with Gasteiger partial charge in [0.1, 0.15) is 0 Å². The Morgan fingerprint density at radius 1 is 1.30 bits per heavy atom. The minimum atomic E-state index is -3.58. The highest BCUT2D eigenvalue weighted by Gasteiger charge is 2.41. The van der Waals surface area contributed by atoms with Crippen LogP contribution in [0.2, 0.25) is 0 Å². The van der Waals surface area contributed by atoms with E-state index < -0.39 is 15.8 Å². The van der Waals surface area contributed by atoms with Gasteiger partial charge >= 0.3 is 0 Å². The lowest BCUT2D eigenvalue weighted by molar-refractivity contribution is -0.284. The van der Waals surface area contributed by atoms with E-state index in [1.807, 2.05) is 39.8 Å². The standard InChI is InChI=1S/C16H24INO4S/c1-12-5-7-14(8-6-12)23(19,20)18(10-9-17)15-11-21-16(3,4)22-13(15)2/h5-8,13,15H,9-11H2,1-4H3/t13-,15-/m1/s1. The molecule has 1 saturated heterocycles. The maximum absolute atomic E-state index is 13.1. The van der Waals surface area contributed by atoms with E-state index in [1.54, 1.807) is 12.1 Å². The van der Waals surface area contributed by atoms with Crippen molar-refractivity contribution in [3.63, 3.8) is 0 Å². The van der Waals surface area contributed by atoms with E-state index in [0.717, 1.165) is 5.56 Å². The van der Waals surface area contributed by atoms with E-state index in [1.165, 1.54) is 4.31 Å². The first-order valence-corrected chi connectivity index (χ1v) is 10.6. The van der Waals surface area contributed by atoms with Gasteiger partial charge in [-0.3, -0.25) is 0 Å². The van der Waals surface area contributed by atoms with Gasteiger partial charge in [0.25, 0.3) is 0 Å². The van der Waals surface area contributed by atoms with Crippen LogP contribution in [0.4, 0.5) is 0 Å². The van der Waals surface area contributed by atoms with Gasteiger partial charge in [-0.25, -0.2) is 8.42 Å². The van der Waals surface area contributed by atoms with E-state index in [-0.39, 0.29) is 12.1 Å². The topological polar surface area (TPSA) is 55.8 Å². The molecule has 2 rings (SSSR count). The molecule has 0 N–H and O–H groups in total. The molecule has 0 saturated carbocycles. The summed E-state index contributed by atoms with van der Waals surface area (Å²) in [5.74, 6) is -0.681. The number of sulfonamides is 1. The quantitative estimate of drug-likeness (QED) is 0.508. The SMILES string of the molecule is Cc1ccc(S(=O)(=O)N(CCI)[C@@H]2COC(C)(C)O[C@@H]2C)cc1. The Morgan fingerprint density at radius 3 is 2.43 bits per heavy atom. The predicted molar refractivity (Wildman–Crippen MR) is 98.3 cm³/mol. The smallest absolute Gasteiger partial charge is 0.243 e. The molecule has 1 aromatic carbocycles. The molecule has 0 aliphatic carbocycles. The van der Waals surface area contributed by atoms with Crippen molar-refractivity contribution in [2.75, 3.05) is 17.6 Å². The Morgan fingerprint density at radius 2 is 1.91 bits per heavy atom. The van der Waals surface area contributed by atoms with Crippen LogP contribution in [-0.4, -0.2) is 48.2 Å². The van der Waals surface area contributed by atoms with Crippen LogP contribution in [0.25, 0.3) is 0 Å². The average molecular weight is 453 g/mol. The number of ether oxygens (including phenoxy) is 2. The highest BCUT2D eigenvalue weighted by atomic mass is 127. The molecule has 1 aromatic rings. The lowest BCUT2D eigenvalue weighted by atomic mass is 10.1. The monoisotopic (exact) mass is 453 g/mol. The maximum atomic E-state index is 13.1. The molecule has 1 fully saturated rings. The Kier molecular flexibility index (Phi) is 6.10. The molecular weight excluding hydrogens is 429 g/mol. The third kappa shape index (κ3) is 4.45. The molecule has 0 aromatic heterocycles. The van der Waals surface area contributed by atoms with Crippen LogP contribution in [0.1, 0.15) is 26.3 Å². The van der Waals surface area contributed by atoms with Gasteiger partial charge in [0.15, 0.2) is 5.79 Å². The van der Waals surface area contributed by atoms with Crippen molar-refractivity contribution in [1.29, 1.82) is 0 Å². The van der Waals surface area contributed by atoms with Crippen LogP contribution in [0.15, 0.2) is 29.2 Å². The molecule has 0 amide bonds. The van der Waals surface area contributed by atoms with E-state index in [0.29, 0.717) is 22.5 Å². The molecule has 2 atom stereocenters. The summed E-state index contributed by atoms with van der Waals surface area (Å²) in [6.07, 6.45) is -0.234. The highest BCUT2D eigenvalue weighted by Crippen LogP contribution is 2.29. The number of alkyl halides is 1. The van der Waals surface area contributed by atoms with Crippen molar-refractivity contribution >= 4 is 32.6 Å². The fraction of sp³-hybridized carbons (Fsp3) is 0.625. The Balaban J connectivity index is 2.32. The molecule has 130 valence electrons. The van der Waals surface area contributed by atoms with E-state index in [9.17, 15) is 8.42 Å². The van der Waals surface area contributed by atoms with Gasteiger partial charge in [-0.15, -0.1) is 0 Å². The fourth-order valence-electron chi connectivity index (χ4n) is 2.69. The second-order valence-corrected chi connectivity index (χ2v) is 9.19. The van der Waals surface area contributed by atoms with Crippen molar-refractivity contribution in [2.24, 2.45) is 0 Å². The highest BCUT2D eigenvalue weighted by molar-refractivity contribution is 14.1. The third-order valence-electron chi connectivity index (χ3n) is 3.92. The zero-order valence-corrected chi connectivity index (χ0v) is 16.9. The molecule has 0 unspecified atom stereocenters. The molecule has 5 nitrogen and oxygen atoms in total. The molecule has 1 heterocycles. The number of nitrogens with zero attached hydrogens (tertiary/aromatic N) is 1. The molecule has 0 spiro atoms. The fourth-order valence-corrected chi connectivity index (χ4v) is 5.21. The minimum absolute atomic E-state index is 0.234. The van der Waals surface area contributed by atoms with Crippen molar-refractivity contribution in [3.05, 3.63) is 29.8 Å². The number of benzene rings is 1. The number of rotatable bonds is 5. The summed E-state index contributed by atoms with van der Waals surface area (Å²) in [6.45, 7) is 8.29. The average Bonchev–Trinajstić information content (AvgIpc) is 2.45. The second kappa shape index (κ2) is 7.35. The van der Waals surface area contributed by atoms with Crippen molar-refractivity contribution < 1.29 is 17.9 Å². The molecule has 1 aliphatic rings. The van der Waals surface area contributed by atoms with Gasteiger partial charge in [-0.1, -0.05) is 40.3 Å². The number of halogens is 1. The van der Waals surface area contributed by atoms with Crippen LogP contribution >= 0.6 is 22.6 Å². The van der Waals surface area contributed by atoms with Gasteiger partial charge in [0.05, 0.1) is 23.6 Å². The first-order valence-electron chi connectivity index (χ1n) is 7.63. The normalized spacial score (nSPS) is 24.8. The van der Waals surface area contributed by atoms with Gasteiger partial charge in [-0.05, 0) is 39.8 Å². The van der Waals surface area contributed by atoms with Gasteiger partial charge < -0.3 is 9.47 Å². The van der Waals surface area contributed by atoms with E-state index in [2.05, 4.69) is 22.6 Å². The minimum Gasteiger partial charge on any atom is -0.349 e. The van der Waals surface area contributed by atoms with Crippen LogP contribution in [-0.2, 0) is 19.5 Å². The molecule has 1 aliphatic heterocycles. The summed E-state index contributed by atoms with van der Waals surface area (Å²) < 4.78 is 39.9. The van der Waals surface area contributed by atoms with Crippen molar-refractivity contribution in [1.82, 2.24) is 4.31 Å².